The molecule has 1 amide bonds. The first-order valence-corrected chi connectivity index (χ1v) is 12.8. The Kier molecular flexibility index (Phi) is 9.13. The number of carbonyl (C=O) groups is 2. The van der Waals surface area contributed by atoms with Crippen LogP contribution in [0.3, 0.4) is 0 Å². The van der Waals surface area contributed by atoms with Gasteiger partial charge in [-0.05, 0) is 49.6 Å². The highest BCUT2D eigenvalue weighted by Gasteiger charge is 2.30. The van der Waals surface area contributed by atoms with Crippen LogP contribution < -0.4 is 10.1 Å². The van der Waals surface area contributed by atoms with Gasteiger partial charge in [-0.1, -0.05) is 65.4 Å². The first kappa shape index (κ1) is 28.3. The largest absolute Gasteiger partial charge is 0.497 e. The van der Waals surface area contributed by atoms with Crippen LogP contribution in [-0.4, -0.2) is 45.9 Å². The number of rotatable bonds is 10. The molecule has 0 fully saturated rings. The van der Waals surface area contributed by atoms with Crippen molar-refractivity contribution in [1.29, 1.82) is 0 Å². The lowest BCUT2D eigenvalue weighted by molar-refractivity contribution is 0.0513. The molecule has 1 heterocycles. The van der Waals surface area contributed by atoms with Crippen molar-refractivity contribution < 1.29 is 28.9 Å². The monoisotopic (exact) mass is 544 g/mol. The fourth-order valence-electron chi connectivity index (χ4n) is 4.35. The summed E-state index contributed by atoms with van der Waals surface area (Å²) in [7, 11) is 1.58. The second-order valence-corrected chi connectivity index (χ2v) is 9.18. The third kappa shape index (κ3) is 6.65. The molecule has 0 aliphatic heterocycles. The standard InChI is InChI=1S/C30H32N4O6/c1-5-39-29(36)26-27(34(33-32-26)17-21-11-13-23(38-4)14-12-21)28(35)24-16-19(2)15-20(3)25(24)31-30(37)40-18-22-9-7-6-8-10-22/h6-16,28,35H,5,17-18H2,1-4H3,(H,31,37). The molecule has 208 valence electrons. The quantitative estimate of drug-likeness (QED) is 0.269. The molecular weight excluding hydrogens is 512 g/mol. The van der Waals surface area contributed by atoms with E-state index < -0.39 is 18.2 Å². The van der Waals surface area contributed by atoms with Gasteiger partial charge in [0.25, 0.3) is 0 Å². The van der Waals surface area contributed by atoms with Gasteiger partial charge < -0.3 is 19.3 Å². The van der Waals surface area contributed by atoms with E-state index in [1.54, 1.807) is 20.1 Å². The lowest BCUT2D eigenvalue weighted by Gasteiger charge is -2.21. The topological polar surface area (TPSA) is 125 Å². The van der Waals surface area contributed by atoms with Crippen molar-refractivity contribution in [3.8, 4) is 5.75 Å². The van der Waals surface area contributed by atoms with Crippen molar-refractivity contribution in [2.75, 3.05) is 19.0 Å². The molecule has 0 aliphatic rings. The van der Waals surface area contributed by atoms with Crippen molar-refractivity contribution in [3.63, 3.8) is 0 Å². The van der Waals surface area contributed by atoms with Gasteiger partial charge in [-0.25, -0.2) is 14.3 Å². The molecule has 4 aromatic rings. The van der Waals surface area contributed by atoms with Gasteiger partial charge in [-0.2, -0.15) is 0 Å². The summed E-state index contributed by atoms with van der Waals surface area (Å²) in [6.45, 7) is 5.80. The summed E-state index contributed by atoms with van der Waals surface area (Å²) in [5.74, 6) is -0.0152. The average molecular weight is 545 g/mol. The lowest BCUT2D eigenvalue weighted by Crippen LogP contribution is -2.20. The maximum atomic E-state index is 12.8. The van der Waals surface area contributed by atoms with Crippen LogP contribution in [0.1, 0.15) is 57.0 Å². The zero-order valence-corrected chi connectivity index (χ0v) is 22.9. The van der Waals surface area contributed by atoms with Crippen molar-refractivity contribution >= 4 is 17.7 Å². The minimum atomic E-state index is -1.38. The highest BCUT2D eigenvalue weighted by Crippen LogP contribution is 2.34. The van der Waals surface area contributed by atoms with Gasteiger partial charge in [0.2, 0.25) is 0 Å². The molecule has 2 N–H and O–H groups in total. The molecule has 0 saturated heterocycles. The second-order valence-electron chi connectivity index (χ2n) is 9.18. The molecule has 0 saturated carbocycles. The average Bonchev–Trinajstić information content (AvgIpc) is 3.37. The number of hydrogen-bond acceptors (Lipinski definition) is 8. The third-order valence-electron chi connectivity index (χ3n) is 6.24. The Hall–Kier alpha value is -4.70. The van der Waals surface area contributed by atoms with Gasteiger partial charge >= 0.3 is 12.1 Å². The van der Waals surface area contributed by atoms with E-state index in [-0.39, 0.29) is 31.1 Å². The molecule has 1 atom stereocenters. The number of ether oxygens (including phenoxy) is 3. The lowest BCUT2D eigenvalue weighted by atomic mass is 9.97. The Labute approximate surface area is 232 Å². The minimum absolute atomic E-state index is 0.0844. The Morgan fingerprint density at radius 1 is 1.00 bits per heavy atom. The number of esters is 1. The Bertz CT molecular complexity index is 1470. The summed E-state index contributed by atoms with van der Waals surface area (Å²) in [6.07, 6.45) is -2.06. The zero-order chi connectivity index (χ0) is 28.6. The molecule has 0 bridgehead atoms. The number of methoxy groups -OCH3 is 1. The highest BCUT2D eigenvalue weighted by atomic mass is 16.5. The molecule has 4 rings (SSSR count). The number of nitrogens with one attached hydrogen (secondary N) is 1. The van der Waals surface area contributed by atoms with Crippen LogP contribution in [0.5, 0.6) is 5.75 Å². The van der Waals surface area contributed by atoms with Crippen LogP contribution in [0.2, 0.25) is 0 Å². The van der Waals surface area contributed by atoms with E-state index in [2.05, 4.69) is 15.6 Å². The molecule has 10 nitrogen and oxygen atoms in total. The van der Waals surface area contributed by atoms with Crippen molar-refractivity contribution in [2.24, 2.45) is 0 Å². The summed E-state index contributed by atoms with van der Waals surface area (Å²) >= 11 is 0. The van der Waals surface area contributed by atoms with E-state index in [0.29, 0.717) is 22.6 Å². The smallest absolute Gasteiger partial charge is 0.411 e. The van der Waals surface area contributed by atoms with Crippen LogP contribution in [0.25, 0.3) is 0 Å². The second kappa shape index (κ2) is 12.9. The van der Waals surface area contributed by atoms with Crippen molar-refractivity contribution in [3.05, 3.63) is 106 Å². The zero-order valence-electron chi connectivity index (χ0n) is 22.9. The summed E-state index contributed by atoms with van der Waals surface area (Å²) in [4.78, 5) is 25.6. The predicted octanol–water partition coefficient (Wildman–Crippen LogP) is 4.96. The maximum absolute atomic E-state index is 12.8. The molecular formula is C30H32N4O6. The number of aromatic nitrogens is 3. The minimum Gasteiger partial charge on any atom is -0.497 e. The molecule has 10 heteroatoms. The van der Waals surface area contributed by atoms with Crippen molar-refractivity contribution in [2.45, 2.75) is 40.0 Å². The predicted molar refractivity (Wildman–Crippen MR) is 148 cm³/mol. The van der Waals surface area contributed by atoms with Crippen LogP contribution in [0.15, 0.2) is 66.7 Å². The number of amides is 1. The summed E-state index contributed by atoms with van der Waals surface area (Å²) in [6, 6.07) is 20.3. The van der Waals surface area contributed by atoms with Crippen LogP contribution >= 0.6 is 0 Å². The number of hydrogen-bond donors (Lipinski definition) is 2. The first-order chi connectivity index (χ1) is 19.3. The number of aliphatic hydroxyl groups is 1. The number of anilines is 1. The number of nitrogens with zero attached hydrogens (tertiary/aromatic N) is 3. The van der Waals surface area contributed by atoms with E-state index in [1.807, 2.05) is 74.5 Å². The van der Waals surface area contributed by atoms with Gasteiger partial charge in [0.05, 0.1) is 25.9 Å². The maximum Gasteiger partial charge on any atom is 0.411 e. The SMILES string of the molecule is CCOC(=O)c1nnn(Cc2ccc(OC)cc2)c1C(O)c1cc(C)cc(C)c1NC(=O)OCc1ccccc1. The summed E-state index contributed by atoms with van der Waals surface area (Å²) < 4.78 is 17.3. The molecule has 40 heavy (non-hydrogen) atoms. The van der Waals surface area contributed by atoms with Gasteiger partial charge in [-0.3, -0.25) is 5.32 Å². The van der Waals surface area contributed by atoms with E-state index in [0.717, 1.165) is 16.7 Å². The van der Waals surface area contributed by atoms with Gasteiger partial charge in [0.1, 0.15) is 24.2 Å². The van der Waals surface area contributed by atoms with Gasteiger partial charge in [-0.15, -0.1) is 5.10 Å². The fraction of sp³-hybridized carbons (Fsp3) is 0.267. The van der Waals surface area contributed by atoms with Crippen LogP contribution in [0.4, 0.5) is 10.5 Å². The van der Waals surface area contributed by atoms with Gasteiger partial charge in [0, 0.05) is 5.56 Å². The summed E-state index contributed by atoms with van der Waals surface area (Å²) in [5, 5.41) is 22.7. The fourth-order valence-corrected chi connectivity index (χ4v) is 4.35. The molecule has 0 aliphatic carbocycles. The van der Waals surface area contributed by atoms with Gasteiger partial charge in [0.15, 0.2) is 5.69 Å². The number of aryl methyl sites for hydroxylation is 2. The molecule has 1 aromatic heterocycles. The number of aliphatic hydroxyl groups excluding tert-OH is 1. The van der Waals surface area contributed by atoms with Crippen molar-refractivity contribution in [1.82, 2.24) is 15.0 Å². The van der Waals surface area contributed by atoms with Crippen LogP contribution in [-0.2, 0) is 22.6 Å². The third-order valence-corrected chi connectivity index (χ3v) is 6.24. The Morgan fingerprint density at radius 2 is 1.73 bits per heavy atom. The molecule has 0 spiro atoms. The van der Waals surface area contributed by atoms with E-state index in [9.17, 15) is 14.7 Å². The first-order valence-electron chi connectivity index (χ1n) is 12.8. The Morgan fingerprint density at radius 3 is 2.40 bits per heavy atom. The van der Waals surface area contributed by atoms with E-state index in [4.69, 9.17) is 14.2 Å². The Balaban J connectivity index is 1.69. The normalized spacial score (nSPS) is 11.5. The van der Waals surface area contributed by atoms with E-state index in [1.165, 1.54) is 4.68 Å². The number of benzene rings is 3. The molecule has 0 radical (unpaired) electrons. The number of carbonyl (C=O) groups excluding carboxylic acids is 2. The van der Waals surface area contributed by atoms with Crippen LogP contribution in [0, 0.1) is 13.8 Å². The highest BCUT2D eigenvalue weighted by molar-refractivity contribution is 5.90. The molecule has 1 unspecified atom stereocenters. The molecule has 3 aromatic carbocycles. The van der Waals surface area contributed by atoms with E-state index >= 15 is 0 Å². The summed E-state index contributed by atoms with van der Waals surface area (Å²) in [5.41, 5.74) is 3.99.